The molecule has 2 aromatic rings. The number of phenolic OH excluding ortho intramolecular Hbond substituents is 1. The van der Waals surface area contributed by atoms with Gasteiger partial charge in [-0.3, -0.25) is 14.6 Å². The molecule has 7 nitrogen and oxygen atoms in total. The van der Waals surface area contributed by atoms with Gasteiger partial charge in [0.15, 0.2) is 0 Å². The summed E-state index contributed by atoms with van der Waals surface area (Å²) in [5.41, 5.74) is -0.382. The molecule has 1 saturated carbocycles. The Bertz CT molecular complexity index is 1010. The third-order valence-corrected chi connectivity index (χ3v) is 6.13. The van der Waals surface area contributed by atoms with Crippen LogP contribution in [0, 0.1) is 5.82 Å². The molecule has 0 radical (unpaired) electrons. The average molecular weight is 445 g/mol. The van der Waals surface area contributed by atoms with Crippen molar-refractivity contribution in [3.63, 3.8) is 0 Å². The van der Waals surface area contributed by atoms with Crippen LogP contribution in [0.4, 0.5) is 4.39 Å². The number of pyridine rings is 1. The number of benzene rings is 1. The van der Waals surface area contributed by atoms with E-state index in [1.165, 1.54) is 18.3 Å². The maximum atomic E-state index is 14.6. The van der Waals surface area contributed by atoms with E-state index in [4.69, 9.17) is 0 Å². The molecule has 0 aliphatic heterocycles. The minimum absolute atomic E-state index is 0.0297. The molecular weight excluding hydrogens is 415 g/mol. The Morgan fingerprint density at radius 1 is 1.19 bits per heavy atom. The van der Waals surface area contributed by atoms with E-state index in [0.29, 0.717) is 18.4 Å². The summed E-state index contributed by atoms with van der Waals surface area (Å²) in [5, 5.41) is 32.1. The molecule has 1 aromatic heterocycles. The fourth-order valence-electron chi connectivity index (χ4n) is 3.81. The SMILES string of the molecule is CC(C)(CO)c1cc(F)c(CC(=O)Cc2ccnc(C(=O)NC3(CO)CCC3)c2)cc1O. The third-order valence-electron chi connectivity index (χ3n) is 6.13. The molecule has 3 rings (SSSR count). The molecule has 0 spiro atoms. The van der Waals surface area contributed by atoms with Crippen LogP contribution in [0.2, 0.25) is 0 Å². The Morgan fingerprint density at radius 2 is 1.91 bits per heavy atom. The summed E-state index contributed by atoms with van der Waals surface area (Å²) < 4.78 is 14.6. The van der Waals surface area contributed by atoms with Crippen LogP contribution in [0.25, 0.3) is 0 Å². The third kappa shape index (κ3) is 5.14. The van der Waals surface area contributed by atoms with E-state index in [-0.39, 0.29) is 54.4 Å². The summed E-state index contributed by atoms with van der Waals surface area (Å²) >= 11 is 0. The van der Waals surface area contributed by atoms with Gasteiger partial charge in [-0.1, -0.05) is 13.8 Å². The Labute approximate surface area is 186 Å². The molecular formula is C24H29FN2O5. The van der Waals surface area contributed by atoms with E-state index in [0.717, 1.165) is 12.5 Å². The molecule has 1 aromatic carbocycles. The Kier molecular flexibility index (Phi) is 6.95. The first-order valence-electron chi connectivity index (χ1n) is 10.6. The van der Waals surface area contributed by atoms with E-state index in [1.54, 1.807) is 19.9 Å². The van der Waals surface area contributed by atoms with Crippen molar-refractivity contribution in [3.8, 4) is 5.75 Å². The van der Waals surface area contributed by atoms with Crippen LogP contribution < -0.4 is 5.32 Å². The van der Waals surface area contributed by atoms with E-state index < -0.39 is 22.7 Å². The van der Waals surface area contributed by atoms with Crippen molar-refractivity contribution in [1.82, 2.24) is 10.3 Å². The van der Waals surface area contributed by atoms with Gasteiger partial charge in [-0.25, -0.2) is 4.39 Å². The molecule has 32 heavy (non-hydrogen) atoms. The molecule has 1 aliphatic rings. The van der Waals surface area contributed by atoms with Crippen molar-refractivity contribution in [1.29, 1.82) is 0 Å². The van der Waals surface area contributed by atoms with E-state index in [1.807, 2.05) is 0 Å². The van der Waals surface area contributed by atoms with Gasteiger partial charge in [-0.2, -0.15) is 0 Å². The zero-order valence-electron chi connectivity index (χ0n) is 18.3. The van der Waals surface area contributed by atoms with Crippen LogP contribution in [0.15, 0.2) is 30.5 Å². The number of hydrogen-bond acceptors (Lipinski definition) is 6. The molecule has 172 valence electrons. The van der Waals surface area contributed by atoms with Gasteiger partial charge in [-0.05, 0) is 54.7 Å². The molecule has 1 fully saturated rings. The molecule has 1 heterocycles. The van der Waals surface area contributed by atoms with Crippen LogP contribution in [-0.4, -0.2) is 50.7 Å². The molecule has 0 bridgehead atoms. The van der Waals surface area contributed by atoms with Crippen LogP contribution >= 0.6 is 0 Å². The molecule has 4 N–H and O–H groups in total. The van der Waals surface area contributed by atoms with Gasteiger partial charge in [0, 0.05) is 30.0 Å². The number of carbonyl (C=O) groups excluding carboxylic acids is 2. The monoisotopic (exact) mass is 444 g/mol. The summed E-state index contributed by atoms with van der Waals surface area (Å²) in [6, 6.07) is 5.50. The molecule has 1 aliphatic carbocycles. The maximum Gasteiger partial charge on any atom is 0.270 e. The number of aliphatic hydroxyl groups excluding tert-OH is 2. The van der Waals surface area contributed by atoms with Gasteiger partial charge < -0.3 is 20.6 Å². The summed E-state index contributed by atoms with van der Waals surface area (Å²) in [7, 11) is 0. The quantitative estimate of drug-likeness (QED) is 0.471. The lowest BCUT2D eigenvalue weighted by Crippen LogP contribution is -2.56. The van der Waals surface area contributed by atoms with E-state index in [2.05, 4.69) is 10.3 Å². The highest BCUT2D eigenvalue weighted by atomic mass is 19.1. The van der Waals surface area contributed by atoms with Gasteiger partial charge in [-0.15, -0.1) is 0 Å². The van der Waals surface area contributed by atoms with E-state index in [9.17, 15) is 29.3 Å². The van der Waals surface area contributed by atoms with Gasteiger partial charge in [0.25, 0.3) is 5.91 Å². The standard InChI is InChI=1S/C24H29FN2O5/c1-23(2,13-28)18-12-19(25)16(11-21(18)31)10-17(30)8-15-4-7-26-20(9-15)22(32)27-24(14-29)5-3-6-24/h4,7,9,11-12,28-29,31H,3,5-6,8,10,13-14H2,1-2H3,(H,27,32). The number of phenols is 1. The number of rotatable bonds is 9. The Balaban J connectivity index is 1.68. The number of amides is 1. The van der Waals surface area contributed by atoms with Crippen molar-refractivity contribution >= 4 is 11.7 Å². The lowest BCUT2D eigenvalue weighted by molar-refractivity contribution is -0.117. The van der Waals surface area contributed by atoms with E-state index >= 15 is 0 Å². The molecule has 8 heteroatoms. The number of Topliss-reactive ketones (excluding diaryl/α,β-unsaturated/α-hetero) is 1. The normalized spacial score (nSPS) is 15.2. The number of nitrogens with one attached hydrogen (secondary N) is 1. The first-order chi connectivity index (χ1) is 15.1. The Hall–Kier alpha value is -2.84. The number of hydrogen-bond donors (Lipinski definition) is 4. The second-order valence-electron chi connectivity index (χ2n) is 9.19. The van der Waals surface area contributed by atoms with Gasteiger partial charge >= 0.3 is 0 Å². The predicted octanol–water partition coefficient (Wildman–Crippen LogP) is 2.20. The topological polar surface area (TPSA) is 120 Å². The van der Waals surface area contributed by atoms with Crippen molar-refractivity contribution in [3.05, 3.63) is 58.7 Å². The zero-order chi connectivity index (χ0) is 23.5. The first kappa shape index (κ1) is 23.8. The molecule has 1 amide bonds. The Morgan fingerprint density at radius 3 is 2.50 bits per heavy atom. The van der Waals surface area contributed by atoms with Gasteiger partial charge in [0.2, 0.25) is 0 Å². The number of carbonyl (C=O) groups is 2. The smallest absolute Gasteiger partial charge is 0.270 e. The van der Waals surface area contributed by atoms with Crippen molar-refractivity contribution in [2.45, 2.75) is 56.9 Å². The number of aromatic hydroxyl groups is 1. The number of aromatic nitrogens is 1. The first-order valence-corrected chi connectivity index (χ1v) is 10.6. The second-order valence-corrected chi connectivity index (χ2v) is 9.19. The molecule has 0 saturated heterocycles. The highest BCUT2D eigenvalue weighted by Crippen LogP contribution is 2.33. The maximum absolute atomic E-state index is 14.6. The van der Waals surface area contributed by atoms with Crippen molar-refractivity contribution < 1.29 is 29.3 Å². The van der Waals surface area contributed by atoms with Crippen molar-refractivity contribution in [2.75, 3.05) is 13.2 Å². The molecule has 0 unspecified atom stereocenters. The predicted molar refractivity (Wildman–Crippen MR) is 116 cm³/mol. The lowest BCUT2D eigenvalue weighted by atomic mass is 9.77. The fourth-order valence-corrected chi connectivity index (χ4v) is 3.81. The average Bonchev–Trinajstić information content (AvgIpc) is 2.73. The fraction of sp³-hybridized carbons (Fsp3) is 0.458. The number of nitrogens with zero attached hydrogens (tertiary/aromatic N) is 1. The summed E-state index contributed by atoms with van der Waals surface area (Å²) in [6.45, 7) is 2.95. The van der Waals surface area contributed by atoms with Crippen molar-refractivity contribution in [2.24, 2.45) is 0 Å². The summed E-state index contributed by atoms with van der Waals surface area (Å²) in [6.07, 6.45) is 3.53. The highest BCUT2D eigenvalue weighted by Gasteiger charge is 2.38. The minimum Gasteiger partial charge on any atom is -0.508 e. The van der Waals surface area contributed by atoms with Crippen LogP contribution in [-0.2, 0) is 23.1 Å². The van der Waals surface area contributed by atoms with Crippen LogP contribution in [0.1, 0.15) is 60.3 Å². The summed E-state index contributed by atoms with van der Waals surface area (Å²) in [4.78, 5) is 29.1. The van der Waals surface area contributed by atoms with Gasteiger partial charge in [0.1, 0.15) is 23.0 Å². The zero-order valence-corrected chi connectivity index (χ0v) is 18.3. The largest absolute Gasteiger partial charge is 0.508 e. The minimum atomic E-state index is -0.824. The second kappa shape index (κ2) is 9.34. The van der Waals surface area contributed by atoms with Crippen LogP contribution in [0.5, 0.6) is 5.75 Å². The number of aliphatic hydroxyl groups is 2. The lowest BCUT2D eigenvalue weighted by Gasteiger charge is -2.40. The number of ketones is 1. The highest BCUT2D eigenvalue weighted by molar-refractivity contribution is 5.93. The summed E-state index contributed by atoms with van der Waals surface area (Å²) in [5.74, 6) is -1.51. The number of halogens is 1. The van der Waals surface area contributed by atoms with Gasteiger partial charge in [0.05, 0.1) is 18.8 Å². The molecule has 0 atom stereocenters. The van der Waals surface area contributed by atoms with Crippen LogP contribution in [0.3, 0.4) is 0 Å².